The molecule has 1 heterocycles. The largest absolute Gasteiger partial charge is 0.408 e. The highest BCUT2D eigenvalue weighted by Gasteiger charge is 2.23. The van der Waals surface area contributed by atoms with Crippen LogP contribution in [0.15, 0.2) is 12.2 Å². The highest BCUT2D eigenvalue weighted by molar-refractivity contribution is 14.1. The van der Waals surface area contributed by atoms with Gasteiger partial charge in [-0.05, 0) is 12.5 Å². The van der Waals surface area contributed by atoms with E-state index in [9.17, 15) is 4.79 Å². The van der Waals surface area contributed by atoms with E-state index >= 15 is 0 Å². The van der Waals surface area contributed by atoms with Crippen molar-refractivity contribution in [3.05, 3.63) is 12.2 Å². The van der Waals surface area contributed by atoms with Crippen LogP contribution in [0.3, 0.4) is 0 Å². The van der Waals surface area contributed by atoms with Gasteiger partial charge in [-0.15, -0.1) is 0 Å². The third-order valence-corrected chi connectivity index (χ3v) is 2.13. The maximum Gasteiger partial charge on any atom is 0.240 e. The number of amides is 1. The van der Waals surface area contributed by atoms with E-state index in [0.717, 1.165) is 6.42 Å². The Morgan fingerprint density at radius 2 is 2.46 bits per heavy atom. The van der Waals surface area contributed by atoms with Crippen molar-refractivity contribution in [1.82, 2.24) is 5.23 Å². The van der Waals surface area contributed by atoms with E-state index in [0.29, 0.717) is 0 Å². The second-order valence-electron chi connectivity index (χ2n) is 2.69. The quantitative estimate of drug-likeness (QED) is 0.463. The summed E-state index contributed by atoms with van der Waals surface area (Å²) >= 11 is 2.04. The predicted octanol–water partition coefficient (Wildman–Crippen LogP) is 0.425. The number of carbonyl (C=O) groups is 1. The van der Waals surface area contributed by atoms with Crippen LogP contribution in [0.5, 0.6) is 0 Å². The summed E-state index contributed by atoms with van der Waals surface area (Å²) in [5.41, 5.74) is 0. The molecule has 3 nitrogen and oxygen atoms in total. The van der Waals surface area contributed by atoms with Gasteiger partial charge in [0, 0.05) is 0 Å². The molecule has 1 amide bonds. The lowest BCUT2D eigenvalue weighted by atomic mass is 9.67. The summed E-state index contributed by atoms with van der Waals surface area (Å²) < 4.78 is 5.41. The molecule has 2 atom stereocenters. The van der Waals surface area contributed by atoms with Crippen molar-refractivity contribution in [2.24, 2.45) is 0 Å². The van der Waals surface area contributed by atoms with Gasteiger partial charge in [-0.3, -0.25) is 4.79 Å². The number of halogens is 1. The van der Waals surface area contributed by atoms with E-state index < -0.39 is 6.10 Å². The molecule has 2 unspecified atom stereocenters. The van der Waals surface area contributed by atoms with Crippen molar-refractivity contribution in [1.29, 1.82) is 0 Å². The molecule has 0 bridgehead atoms. The van der Waals surface area contributed by atoms with Crippen molar-refractivity contribution < 1.29 is 9.53 Å². The van der Waals surface area contributed by atoms with Crippen LogP contribution in [0.2, 0.25) is 0 Å². The third-order valence-electron chi connectivity index (χ3n) is 1.77. The summed E-state index contributed by atoms with van der Waals surface area (Å²) in [5, 5.41) is 4.36. The van der Waals surface area contributed by atoms with Gasteiger partial charge in [-0.1, -0.05) is 13.0 Å². The molecule has 0 saturated carbocycles. The lowest BCUT2D eigenvalue weighted by Gasteiger charge is -2.11. The zero-order chi connectivity index (χ0) is 9.68. The lowest BCUT2D eigenvalue weighted by molar-refractivity contribution is -0.128. The van der Waals surface area contributed by atoms with Gasteiger partial charge in [-0.2, -0.15) is 22.4 Å². The minimum absolute atomic E-state index is 0.0966. The molecule has 1 N–H and O–H groups in total. The standard InChI is InChI=1S/C7H10B2INO2/c1-2-5-3-4-6(13-5)7(12)11-9-8-10/h3-6H,2H2,1H3,(H,11,12). The Morgan fingerprint density at radius 1 is 1.69 bits per heavy atom. The van der Waals surface area contributed by atoms with Crippen LogP contribution in [0.25, 0.3) is 0 Å². The van der Waals surface area contributed by atoms with Crippen LogP contribution < -0.4 is 5.23 Å². The Labute approximate surface area is 93.0 Å². The summed E-state index contributed by atoms with van der Waals surface area (Å²) in [5.74, 6) is -0.111. The van der Waals surface area contributed by atoms with Gasteiger partial charge < -0.3 is 9.96 Å². The van der Waals surface area contributed by atoms with E-state index in [1.54, 1.807) is 18.4 Å². The molecule has 6 heteroatoms. The molecule has 0 fully saturated rings. The lowest BCUT2D eigenvalue weighted by Crippen LogP contribution is -2.38. The van der Waals surface area contributed by atoms with E-state index in [1.165, 1.54) is 0 Å². The van der Waals surface area contributed by atoms with E-state index in [1.807, 2.05) is 35.4 Å². The molecular formula is C7H10B2INO2. The van der Waals surface area contributed by atoms with Crippen molar-refractivity contribution in [3.8, 4) is 0 Å². The molecule has 1 aliphatic rings. The summed E-state index contributed by atoms with van der Waals surface area (Å²) in [4.78, 5) is 11.3. The third kappa shape index (κ3) is 3.34. The van der Waals surface area contributed by atoms with Gasteiger partial charge in [0.05, 0.1) is 6.10 Å². The predicted molar refractivity (Wildman–Crippen MR) is 61.8 cm³/mol. The number of hydrogen-bond acceptors (Lipinski definition) is 2. The number of carbonyl (C=O) groups excluding carboxylic acids is 1. The van der Waals surface area contributed by atoms with E-state index in [2.05, 4.69) is 5.23 Å². The van der Waals surface area contributed by atoms with Crippen LogP contribution in [0.4, 0.5) is 0 Å². The summed E-state index contributed by atoms with van der Waals surface area (Å²) in [6.45, 7) is 2.03. The maximum atomic E-state index is 11.3. The van der Waals surface area contributed by atoms with Crippen molar-refractivity contribution in [2.45, 2.75) is 25.6 Å². The van der Waals surface area contributed by atoms with Gasteiger partial charge in [-0.25, -0.2) is 0 Å². The fraction of sp³-hybridized carbons (Fsp3) is 0.571. The average Bonchev–Trinajstić information content (AvgIpc) is 2.62. The molecule has 1 aliphatic heterocycles. The Morgan fingerprint density at radius 3 is 3.00 bits per heavy atom. The zero-order valence-electron chi connectivity index (χ0n) is 7.37. The van der Waals surface area contributed by atoms with Crippen LogP contribution >= 0.6 is 22.4 Å². The van der Waals surface area contributed by atoms with Gasteiger partial charge >= 0.3 is 0 Å². The van der Waals surface area contributed by atoms with Gasteiger partial charge in [0.15, 0.2) is 11.1 Å². The molecule has 0 aromatic carbocycles. The zero-order valence-corrected chi connectivity index (χ0v) is 9.52. The van der Waals surface area contributed by atoms with Crippen LogP contribution in [-0.2, 0) is 9.53 Å². The molecule has 0 aromatic rings. The van der Waals surface area contributed by atoms with Crippen LogP contribution in [0.1, 0.15) is 13.3 Å². The van der Waals surface area contributed by atoms with Crippen molar-refractivity contribution in [3.63, 3.8) is 0 Å². The van der Waals surface area contributed by atoms with Crippen LogP contribution in [0, 0.1) is 0 Å². The molecule has 13 heavy (non-hydrogen) atoms. The molecule has 68 valence electrons. The van der Waals surface area contributed by atoms with Gasteiger partial charge in [0.1, 0.15) is 0 Å². The summed E-state index contributed by atoms with van der Waals surface area (Å²) in [6.07, 6.45) is 4.31. The Kier molecular flexibility index (Phi) is 4.87. The van der Waals surface area contributed by atoms with Gasteiger partial charge in [0.2, 0.25) is 13.2 Å². The number of hydrogen-bond donors (Lipinski definition) is 1. The smallest absolute Gasteiger partial charge is 0.240 e. The first-order chi connectivity index (χ1) is 6.27. The Balaban J connectivity index is 2.30. The highest BCUT2D eigenvalue weighted by Crippen LogP contribution is 2.13. The molecule has 0 saturated heterocycles. The first-order valence-electron chi connectivity index (χ1n) is 4.17. The SMILES string of the molecule is CCC1C=CC(C(=O)N[B][B]I)O1. The van der Waals surface area contributed by atoms with Crippen LogP contribution in [-0.4, -0.2) is 30.4 Å². The Hall–Kier alpha value is 0.0299. The van der Waals surface area contributed by atoms with E-state index in [4.69, 9.17) is 4.74 Å². The molecule has 1 rings (SSSR count). The molecular weight excluding hydrogens is 279 g/mol. The normalized spacial score (nSPS) is 25.7. The second kappa shape index (κ2) is 5.70. The van der Waals surface area contributed by atoms with Crippen molar-refractivity contribution >= 4 is 40.6 Å². The minimum atomic E-state index is -0.419. The topological polar surface area (TPSA) is 38.3 Å². The number of rotatable bonds is 4. The molecule has 0 aromatic heterocycles. The highest BCUT2D eigenvalue weighted by atomic mass is 127. The number of ether oxygens (including phenoxy) is 1. The molecule has 0 spiro atoms. The minimum Gasteiger partial charge on any atom is -0.408 e. The van der Waals surface area contributed by atoms with E-state index in [-0.39, 0.29) is 12.0 Å². The Bertz CT molecular complexity index is 213. The maximum absolute atomic E-state index is 11.3. The first-order valence-corrected chi connectivity index (χ1v) is 5.42. The molecule has 0 aliphatic carbocycles. The first kappa shape index (κ1) is 11.1. The summed E-state index contributed by atoms with van der Waals surface area (Å²) in [7, 11) is 1.60. The monoisotopic (exact) mass is 289 g/mol. The fourth-order valence-electron chi connectivity index (χ4n) is 1.08. The van der Waals surface area contributed by atoms with Gasteiger partial charge in [0.25, 0.3) is 0 Å². The molecule has 2 radical (unpaired) electrons. The average molecular weight is 289 g/mol. The number of nitrogens with one attached hydrogen (secondary N) is 1. The van der Waals surface area contributed by atoms with Crippen molar-refractivity contribution in [2.75, 3.05) is 0 Å². The summed E-state index contributed by atoms with van der Waals surface area (Å²) in [6, 6.07) is 0. The second-order valence-corrected chi connectivity index (χ2v) is 3.41. The fourth-order valence-corrected chi connectivity index (χ4v) is 1.26.